The van der Waals surface area contributed by atoms with Crippen molar-refractivity contribution < 1.29 is 4.79 Å². The number of hydrogen-bond donors (Lipinski definition) is 1. The SMILES string of the molecule is Cn1ccc2ccc(NC(=O)c3ccc(Cl)nc3)cc21. The van der Waals surface area contributed by atoms with Gasteiger partial charge < -0.3 is 9.88 Å². The van der Waals surface area contributed by atoms with Crippen LogP contribution in [0.4, 0.5) is 5.69 Å². The van der Waals surface area contributed by atoms with Gasteiger partial charge in [-0.05, 0) is 35.7 Å². The van der Waals surface area contributed by atoms with E-state index in [1.165, 1.54) is 6.20 Å². The van der Waals surface area contributed by atoms with Gasteiger partial charge in [0, 0.05) is 30.6 Å². The van der Waals surface area contributed by atoms with E-state index < -0.39 is 0 Å². The zero-order valence-corrected chi connectivity index (χ0v) is 11.6. The molecule has 0 unspecified atom stereocenters. The van der Waals surface area contributed by atoms with Crippen LogP contribution in [0.2, 0.25) is 5.15 Å². The van der Waals surface area contributed by atoms with Gasteiger partial charge in [0.15, 0.2) is 0 Å². The Morgan fingerprint density at radius 1 is 1.25 bits per heavy atom. The number of aryl methyl sites for hydroxylation is 1. The van der Waals surface area contributed by atoms with Crippen molar-refractivity contribution in [2.24, 2.45) is 7.05 Å². The zero-order chi connectivity index (χ0) is 14.1. The lowest BCUT2D eigenvalue weighted by molar-refractivity contribution is 0.102. The zero-order valence-electron chi connectivity index (χ0n) is 10.8. The van der Waals surface area contributed by atoms with E-state index in [0.29, 0.717) is 10.7 Å². The number of halogens is 1. The molecule has 1 N–H and O–H groups in total. The molecule has 0 saturated heterocycles. The predicted molar refractivity (Wildman–Crippen MR) is 80.1 cm³/mol. The van der Waals surface area contributed by atoms with E-state index in [0.717, 1.165) is 16.6 Å². The first-order chi connectivity index (χ1) is 9.63. The van der Waals surface area contributed by atoms with Crippen molar-refractivity contribution in [2.45, 2.75) is 0 Å². The maximum Gasteiger partial charge on any atom is 0.257 e. The summed E-state index contributed by atoms with van der Waals surface area (Å²) in [6, 6.07) is 11.1. The Labute approximate surface area is 121 Å². The predicted octanol–water partition coefficient (Wildman–Crippen LogP) is 3.48. The number of carbonyl (C=O) groups is 1. The Balaban J connectivity index is 1.86. The molecule has 2 aromatic heterocycles. The minimum absolute atomic E-state index is 0.206. The molecule has 0 bridgehead atoms. The number of anilines is 1. The lowest BCUT2D eigenvalue weighted by Crippen LogP contribution is -2.12. The van der Waals surface area contributed by atoms with Crippen LogP contribution in [-0.2, 0) is 7.05 Å². The maximum atomic E-state index is 12.1. The third kappa shape index (κ3) is 2.38. The first-order valence-electron chi connectivity index (χ1n) is 6.11. The van der Waals surface area contributed by atoms with Gasteiger partial charge in [-0.3, -0.25) is 4.79 Å². The van der Waals surface area contributed by atoms with E-state index in [9.17, 15) is 4.79 Å². The highest BCUT2D eigenvalue weighted by molar-refractivity contribution is 6.29. The molecule has 5 heteroatoms. The molecule has 2 heterocycles. The second kappa shape index (κ2) is 4.98. The van der Waals surface area contributed by atoms with Crippen LogP contribution in [-0.4, -0.2) is 15.5 Å². The van der Waals surface area contributed by atoms with Gasteiger partial charge in [0.05, 0.1) is 5.56 Å². The van der Waals surface area contributed by atoms with Gasteiger partial charge in [-0.1, -0.05) is 17.7 Å². The molecule has 20 heavy (non-hydrogen) atoms. The molecule has 1 amide bonds. The Bertz CT molecular complexity index is 777. The van der Waals surface area contributed by atoms with Crippen LogP contribution < -0.4 is 5.32 Å². The van der Waals surface area contributed by atoms with Gasteiger partial charge in [-0.25, -0.2) is 4.98 Å². The van der Waals surface area contributed by atoms with Gasteiger partial charge >= 0.3 is 0 Å². The van der Waals surface area contributed by atoms with Crippen LogP contribution in [0.25, 0.3) is 10.9 Å². The number of carbonyl (C=O) groups excluding carboxylic acids is 1. The lowest BCUT2D eigenvalue weighted by Gasteiger charge is -2.06. The van der Waals surface area contributed by atoms with Gasteiger partial charge in [0.2, 0.25) is 0 Å². The van der Waals surface area contributed by atoms with Crippen molar-refractivity contribution in [1.82, 2.24) is 9.55 Å². The summed E-state index contributed by atoms with van der Waals surface area (Å²) in [5.41, 5.74) is 2.29. The first kappa shape index (κ1) is 12.7. The molecule has 0 atom stereocenters. The average Bonchev–Trinajstić information content (AvgIpc) is 2.81. The van der Waals surface area contributed by atoms with E-state index in [-0.39, 0.29) is 5.91 Å². The number of nitrogens with zero attached hydrogens (tertiary/aromatic N) is 2. The van der Waals surface area contributed by atoms with Crippen molar-refractivity contribution in [2.75, 3.05) is 5.32 Å². The number of pyridine rings is 1. The summed E-state index contributed by atoms with van der Waals surface area (Å²) in [7, 11) is 1.97. The fraction of sp³-hybridized carbons (Fsp3) is 0.0667. The van der Waals surface area contributed by atoms with E-state index >= 15 is 0 Å². The van der Waals surface area contributed by atoms with Crippen LogP contribution >= 0.6 is 11.6 Å². The number of benzene rings is 1. The highest BCUT2D eigenvalue weighted by Crippen LogP contribution is 2.20. The van der Waals surface area contributed by atoms with Crippen LogP contribution in [0.15, 0.2) is 48.8 Å². The Kier molecular flexibility index (Phi) is 3.16. The monoisotopic (exact) mass is 285 g/mol. The molecule has 3 rings (SSSR count). The summed E-state index contributed by atoms with van der Waals surface area (Å²) in [4.78, 5) is 16.0. The molecule has 4 nitrogen and oxygen atoms in total. The maximum absolute atomic E-state index is 12.1. The molecular weight excluding hydrogens is 274 g/mol. The van der Waals surface area contributed by atoms with E-state index in [4.69, 9.17) is 11.6 Å². The van der Waals surface area contributed by atoms with Gasteiger partial charge in [-0.2, -0.15) is 0 Å². The molecule has 0 aliphatic heterocycles. The van der Waals surface area contributed by atoms with Gasteiger partial charge in [0.25, 0.3) is 5.91 Å². The smallest absolute Gasteiger partial charge is 0.257 e. The van der Waals surface area contributed by atoms with Gasteiger partial charge in [-0.15, -0.1) is 0 Å². The first-order valence-corrected chi connectivity index (χ1v) is 6.49. The summed E-state index contributed by atoms with van der Waals surface area (Å²) >= 11 is 5.70. The quantitative estimate of drug-likeness (QED) is 0.733. The molecule has 0 fully saturated rings. The second-order valence-electron chi connectivity index (χ2n) is 4.52. The standard InChI is InChI=1S/C15H12ClN3O/c1-19-7-6-10-2-4-12(8-13(10)19)18-15(20)11-3-5-14(16)17-9-11/h2-9H,1H3,(H,18,20). The third-order valence-electron chi connectivity index (χ3n) is 3.14. The summed E-state index contributed by atoms with van der Waals surface area (Å²) in [6.07, 6.45) is 3.44. The fourth-order valence-corrected chi connectivity index (χ4v) is 2.17. The number of fused-ring (bicyclic) bond motifs is 1. The molecule has 0 radical (unpaired) electrons. The van der Waals surface area contributed by atoms with Crippen molar-refractivity contribution >= 4 is 34.1 Å². The summed E-state index contributed by atoms with van der Waals surface area (Å²) in [5, 5.41) is 4.36. The average molecular weight is 286 g/mol. The summed E-state index contributed by atoms with van der Waals surface area (Å²) in [5.74, 6) is -0.206. The highest BCUT2D eigenvalue weighted by Gasteiger charge is 2.07. The number of rotatable bonds is 2. The number of hydrogen-bond acceptors (Lipinski definition) is 2. The molecule has 0 saturated carbocycles. The van der Waals surface area contributed by atoms with Crippen molar-refractivity contribution in [3.8, 4) is 0 Å². The molecule has 3 aromatic rings. The summed E-state index contributed by atoms with van der Waals surface area (Å²) in [6.45, 7) is 0. The molecule has 0 aliphatic carbocycles. The molecule has 1 aromatic carbocycles. The van der Waals surface area contributed by atoms with Crippen LogP contribution in [0, 0.1) is 0 Å². The lowest BCUT2D eigenvalue weighted by atomic mass is 10.2. The van der Waals surface area contributed by atoms with Crippen molar-refractivity contribution in [3.63, 3.8) is 0 Å². The van der Waals surface area contributed by atoms with Crippen LogP contribution in [0.5, 0.6) is 0 Å². The Morgan fingerprint density at radius 3 is 2.85 bits per heavy atom. The molecular formula is C15H12ClN3O. The summed E-state index contributed by atoms with van der Waals surface area (Å²) < 4.78 is 2.01. The van der Waals surface area contributed by atoms with Crippen LogP contribution in [0.3, 0.4) is 0 Å². The molecule has 100 valence electrons. The fourth-order valence-electron chi connectivity index (χ4n) is 2.05. The minimum atomic E-state index is -0.206. The van der Waals surface area contributed by atoms with Crippen LogP contribution in [0.1, 0.15) is 10.4 Å². The van der Waals surface area contributed by atoms with Gasteiger partial charge in [0.1, 0.15) is 5.15 Å². The highest BCUT2D eigenvalue weighted by atomic mass is 35.5. The topological polar surface area (TPSA) is 46.9 Å². The van der Waals surface area contributed by atoms with E-state index in [2.05, 4.69) is 10.3 Å². The number of aromatic nitrogens is 2. The number of amides is 1. The Morgan fingerprint density at radius 2 is 2.10 bits per heavy atom. The van der Waals surface area contributed by atoms with E-state index in [1.54, 1.807) is 12.1 Å². The van der Waals surface area contributed by atoms with E-state index in [1.807, 2.05) is 42.1 Å². The molecule has 0 aliphatic rings. The molecule has 0 spiro atoms. The Hall–Kier alpha value is -2.33. The largest absolute Gasteiger partial charge is 0.350 e. The van der Waals surface area contributed by atoms with Crippen molar-refractivity contribution in [3.05, 3.63) is 59.5 Å². The second-order valence-corrected chi connectivity index (χ2v) is 4.91. The number of nitrogens with one attached hydrogen (secondary N) is 1. The minimum Gasteiger partial charge on any atom is -0.350 e. The third-order valence-corrected chi connectivity index (χ3v) is 3.36. The van der Waals surface area contributed by atoms with Crippen molar-refractivity contribution in [1.29, 1.82) is 0 Å². The normalized spacial score (nSPS) is 10.7.